The molecule has 1 atom stereocenters. The van der Waals surface area contributed by atoms with E-state index >= 15 is 0 Å². The molecule has 0 aliphatic heterocycles. The van der Waals surface area contributed by atoms with Gasteiger partial charge in [-0.3, -0.25) is 0 Å². The molecule has 0 saturated heterocycles. The second-order valence-corrected chi connectivity index (χ2v) is 3.96. The number of hydrogen-bond acceptors (Lipinski definition) is 3. The van der Waals surface area contributed by atoms with Gasteiger partial charge in [0.05, 0.1) is 18.6 Å². The number of hydrogen-bond donors (Lipinski definition) is 1. The van der Waals surface area contributed by atoms with Crippen molar-refractivity contribution in [2.75, 3.05) is 6.61 Å². The van der Waals surface area contributed by atoms with Crippen LogP contribution in [0.15, 0.2) is 42.9 Å². The van der Waals surface area contributed by atoms with E-state index in [-0.39, 0.29) is 6.04 Å². The molecule has 0 spiro atoms. The van der Waals surface area contributed by atoms with Gasteiger partial charge in [0.2, 0.25) is 0 Å². The fraction of sp³-hybridized carbons (Fsp3) is 0.308. The Morgan fingerprint density at radius 1 is 1.35 bits per heavy atom. The van der Waals surface area contributed by atoms with Crippen molar-refractivity contribution in [2.24, 2.45) is 5.73 Å². The molecule has 1 heterocycles. The maximum atomic E-state index is 5.84. The van der Waals surface area contributed by atoms with E-state index < -0.39 is 0 Å². The highest BCUT2D eigenvalue weighted by molar-refractivity contribution is 5.20. The van der Waals surface area contributed by atoms with Gasteiger partial charge in [-0.25, -0.2) is 4.98 Å². The summed E-state index contributed by atoms with van der Waals surface area (Å²) in [7, 11) is 0. The first-order valence-electron chi connectivity index (χ1n) is 5.71. The highest BCUT2D eigenvalue weighted by Crippen LogP contribution is 2.10. The largest absolute Gasteiger partial charge is 0.492 e. The Labute approximate surface area is 101 Å². The van der Waals surface area contributed by atoms with Gasteiger partial charge in [-0.2, -0.15) is 0 Å². The van der Waals surface area contributed by atoms with Gasteiger partial charge in [-0.1, -0.05) is 18.2 Å². The van der Waals surface area contributed by atoms with Crippen molar-refractivity contribution in [3.8, 4) is 5.75 Å². The Kier molecular flexibility index (Phi) is 3.77. The van der Waals surface area contributed by atoms with Crippen LogP contribution < -0.4 is 10.5 Å². The van der Waals surface area contributed by atoms with E-state index in [2.05, 4.69) is 4.98 Å². The molecule has 4 heteroatoms. The van der Waals surface area contributed by atoms with Crippen LogP contribution in [0, 0.1) is 0 Å². The molecule has 4 nitrogen and oxygen atoms in total. The van der Waals surface area contributed by atoms with Crippen LogP contribution in [0.25, 0.3) is 0 Å². The van der Waals surface area contributed by atoms with Gasteiger partial charge in [0.15, 0.2) is 0 Å². The molecule has 0 radical (unpaired) electrons. The Morgan fingerprint density at radius 2 is 2.12 bits per heavy atom. The zero-order chi connectivity index (χ0) is 12.1. The minimum absolute atomic E-state index is 0.00535. The molecule has 0 amide bonds. The van der Waals surface area contributed by atoms with E-state index in [1.807, 2.05) is 41.8 Å². The smallest absolute Gasteiger partial charge is 0.119 e. The molecule has 0 saturated carbocycles. The molecule has 1 unspecified atom stereocenters. The molecule has 2 N–H and O–H groups in total. The summed E-state index contributed by atoms with van der Waals surface area (Å²) in [6.45, 7) is 3.32. The molecular formula is C13H17N3O. The average Bonchev–Trinajstić information content (AvgIpc) is 2.79. The van der Waals surface area contributed by atoms with Crippen LogP contribution in [-0.2, 0) is 6.54 Å². The summed E-state index contributed by atoms with van der Waals surface area (Å²) in [6.07, 6.45) is 3.58. The Hall–Kier alpha value is -1.81. The van der Waals surface area contributed by atoms with E-state index in [4.69, 9.17) is 10.5 Å². The topological polar surface area (TPSA) is 53.1 Å². The lowest BCUT2D eigenvalue weighted by molar-refractivity contribution is 0.296. The van der Waals surface area contributed by atoms with Gasteiger partial charge < -0.3 is 15.0 Å². The van der Waals surface area contributed by atoms with E-state index in [0.29, 0.717) is 6.61 Å². The first-order chi connectivity index (χ1) is 8.27. The molecule has 2 rings (SSSR count). The van der Waals surface area contributed by atoms with Gasteiger partial charge >= 0.3 is 0 Å². The second-order valence-electron chi connectivity index (χ2n) is 3.96. The highest BCUT2D eigenvalue weighted by Gasteiger charge is 2.06. The summed E-state index contributed by atoms with van der Waals surface area (Å²) >= 11 is 0. The number of aromatic nitrogens is 2. The van der Waals surface area contributed by atoms with E-state index in [1.54, 1.807) is 12.5 Å². The molecule has 2 aromatic rings. The van der Waals surface area contributed by atoms with Crippen LogP contribution in [0.2, 0.25) is 0 Å². The molecule has 90 valence electrons. The minimum atomic E-state index is -0.00535. The van der Waals surface area contributed by atoms with Gasteiger partial charge in [0, 0.05) is 12.2 Å². The fourth-order valence-electron chi connectivity index (χ4n) is 1.68. The predicted octanol–water partition coefficient (Wildman–Crippen LogP) is 1.98. The zero-order valence-electron chi connectivity index (χ0n) is 9.91. The summed E-state index contributed by atoms with van der Waals surface area (Å²) in [5.74, 6) is 0.884. The lowest BCUT2D eigenvalue weighted by Gasteiger charge is -2.11. The molecule has 0 bridgehead atoms. The van der Waals surface area contributed by atoms with Crippen LogP contribution in [-0.4, -0.2) is 16.2 Å². The first-order valence-corrected chi connectivity index (χ1v) is 5.71. The average molecular weight is 231 g/mol. The van der Waals surface area contributed by atoms with Crippen LogP contribution in [0.3, 0.4) is 0 Å². The van der Waals surface area contributed by atoms with E-state index in [9.17, 15) is 0 Å². The highest BCUT2D eigenvalue weighted by atomic mass is 16.5. The Morgan fingerprint density at radius 3 is 2.82 bits per heavy atom. The summed E-state index contributed by atoms with van der Waals surface area (Å²) in [4.78, 5) is 4.10. The third-order valence-electron chi connectivity index (χ3n) is 2.56. The molecular weight excluding hydrogens is 214 g/mol. The lowest BCUT2D eigenvalue weighted by Crippen LogP contribution is -2.15. The summed E-state index contributed by atoms with van der Waals surface area (Å²) in [5, 5.41) is 0. The van der Waals surface area contributed by atoms with Crippen molar-refractivity contribution in [2.45, 2.75) is 19.5 Å². The van der Waals surface area contributed by atoms with Crippen molar-refractivity contribution in [1.29, 1.82) is 0 Å². The Balaban J connectivity index is 1.88. The summed E-state index contributed by atoms with van der Waals surface area (Å²) in [6, 6.07) is 9.77. The van der Waals surface area contributed by atoms with Gasteiger partial charge in [-0.05, 0) is 19.1 Å². The summed E-state index contributed by atoms with van der Waals surface area (Å²) < 4.78 is 7.65. The first kappa shape index (κ1) is 11.7. The molecule has 0 aliphatic rings. The number of imidazole rings is 1. The van der Waals surface area contributed by atoms with Crippen LogP contribution in [0.1, 0.15) is 18.7 Å². The standard InChI is InChI=1S/C13H17N3O/c1-11(14)13-9-15-10-16(13)7-8-17-12-5-3-2-4-6-12/h2-6,9-11H,7-8,14H2,1H3. The monoisotopic (exact) mass is 231 g/mol. The maximum absolute atomic E-state index is 5.84. The quantitative estimate of drug-likeness (QED) is 0.856. The third kappa shape index (κ3) is 3.07. The Bertz CT molecular complexity index is 451. The minimum Gasteiger partial charge on any atom is -0.492 e. The molecule has 1 aromatic carbocycles. The number of rotatable bonds is 5. The lowest BCUT2D eigenvalue weighted by atomic mass is 10.3. The zero-order valence-corrected chi connectivity index (χ0v) is 9.91. The summed E-state index contributed by atoms with van der Waals surface area (Å²) in [5.41, 5.74) is 6.87. The van der Waals surface area contributed by atoms with Gasteiger partial charge in [0.1, 0.15) is 12.4 Å². The van der Waals surface area contributed by atoms with Crippen molar-refractivity contribution in [3.63, 3.8) is 0 Å². The van der Waals surface area contributed by atoms with E-state index in [0.717, 1.165) is 18.0 Å². The number of nitrogens with two attached hydrogens (primary N) is 1. The van der Waals surface area contributed by atoms with Crippen LogP contribution in [0.4, 0.5) is 0 Å². The second kappa shape index (κ2) is 5.50. The van der Waals surface area contributed by atoms with Crippen LogP contribution >= 0.6 is 0 Å². The number of ether oxygens (including phenoxy) is 1. The number of nitrogens with zero attached hydrogens (tertiary/aromatic N) is 2. The van der Waals surface area contributed by atoms with Gasteiger partial charge in [0.25, 0.3) is 0 Å². The molecule has 1 aromatic heterocycles. The maximum Gasteiger partial charge on any atom is 0.119 e. The van der Waals surface area contributed by atoms with E-state index in [1.165, 1.54) is 0 Å². The van der Waals surface area contributed by atoms with Crippen molar-refractivity contribution in [3.05, 3.63) is 48.5 Å². The van der Waals surface area contributed by atoms with Crippen LogP contribution in [0.5, 0.6) is 5.75 Å². The van der Waals surface area contributed by atoms with Crippen molar-refractivity contribution < 1.29 is 4.74 Å². The fourth-order valence-corrected chi connectivity index (χ4v) is 1.68. The number of para-hydroxylation sites is 1. The third-order valence-corrected chi connectivity index (χ3v) is 2.56. The van der Waals surface area contributed by atoms with Crippen molar-refractivity contribution in [1.82, 2.24) is 9.55 Å². The van der Waals surface area contributed by atoms with Crippen molar-refractivity contribution >= 4 is 0 Å². The molecule has 17 heavy (non-hydrogen) atoms. The normalized spacial score (nSPS) is 12.4. The molecule has 0 aliphatic carbocycles. The number of benzene rings is 1. The SMILES string of the molecule is CC(N)c1cncn1CCOc1ccccc1. The predicted molar refractivity (Wildman–Crippen MR) is 66.8 cm³/mol. The van der Waals surface area contributed by atoms with Gasteiger partial charge in [-0.15, -0.1) is 0 Å². The molecule has 0 fully saturated rings.